The number of benzene rings is 1. The summed E-state index contributed by atoms with van der Waals surface area (Å²) < 4.78 is 56.5. The van der Waals surface area contributed by atoms with E-state index in [0.29, 0.717) is 30.7 Å². The predicted molar refractivity (Wildman–Crippen MR) is 114 cm³/mol. The number of nitrogens with zero attached hydrogens (tertiary/aromatic N) is 1. The molecule has 1 heterocycles. The minimum Gasteiger partial charge on any atom is -0.496 e. The zero-order chi connectivity index (χ0) is 24.4. The number of nitrogens with one attached hydrogen (secondary N) is 1. The Kier molecular flexibility index (Phi) is 7.33. The average molecular weight is 473 g/mol. The molecule has 0 spiro atoms. The number of alkyl halides is 2. The molecule has 184 valence electrons. The lowest BCUT2D eigenvalue weighted by Gasteiger charge is -2.34. The van der Waals surface area contributed by atoms with Gasteiger partial charge in [-0.25, -0.2) is 18.0 Å². The molecule has 1 saturated carbocycles. The third-order valence-corrected chi connectivity index (χ3v) is 5.62. The Morgan fingerprint density at radius 1 is 1.21 bits per heavy atom. The smallest absolute Gasteiger partial charge is 0.410 e. The van der Waals surface area contributed by atoms with E-state index in [2.05, 4.69) is 5.32 Å². The third kappa shape index (κ3) is 6.45. The summed E-state index contributed by atoms with van der Waals surface area (Å²) in [4.78, 5) is 26.5. The maximum absolute atomic E-state index is 14.5. The number of hydrogen-bond donors (Lipinski definition) is 1. The van der Waals surface area contributed by atoms with Crippen molar-refractivity contribution in [2.45, 2.75) is 70.6 Å². The van der Waals surface area contributed by atoms with Gasteiger partial charge in [0.1, 0.15) is 17.4 Å². The van der Waals surface area contributed by atoms with E-state index >= 15 is 0 Å². The first kappa shape index (κ1) is 25.0. The number of likely N-dealkylation sites (tertiary alicyclic amines) is 1. The molecule has 0 unspecified atom stereocenters. The lowest BCUT2D eigenvalue weighted by Crippen LogP contribution is -2.47. The van der Waals surface area contributed by atoms with Crippen LogP contribution < -0.4 is 14.8 Å². The van der Waals surface area contributed by atoms with Crippen molar-refractivity contribution < 1.29 is 37.0 Å². The Balaban J connectivity index is 1.59. The molecule has 2 amide bonds. The summed E-state index contributed by atoms with van der Waals surface area (Å²) in [6.45, 7) is 5.66. The molecule has 0 bridgehead atoms. The molecule has 1 aliphatic heterocycles. The summed E-state index contributed by atoms with van der Waals surface area (Å²) in [5.41, 5.74) is -0.290. The summed E-state index contributed by atoms with van der Waals surface area (Å²) in [5, 5.41) is 2.73. The van der Waals surface area contributed by atoms with E-state index in [-0.39, 0.29) is 43.6 Å². The van der Waals surface area contributed by atoms with Crippen molar-refractivity contribution in [2.75, 3.05) is 20.3 Å². The lowest BCUT2D eigenvalue weighted by atomic mass is 9.82. The number of halogens is 3. The molecule has 1 aliphatic carbocycles. The van der Waals surface area contributed by atoms with E-state index < -0.39 is 29.5 Å². The van der Waals surface area contributed by atoms with Crippen molar-refractivity contribution in [3.8, 4) is 11.5 Å². The van der Waals surface area contributed by atoms with E-state index in [1.807, 2.05) is 0 Å². The average Bonchev–Trinajstić information content (AvgIpc) is 3.18. The van der Waals surface area contributed by atoms with Gasteiger partial charge in [-0.3, -0.25) is 9.69 Å². The van der Waals surface area contributed by atoms with Gasteiger partial charge in [0.2, 0.25) is 11.8 Å². The molecule has 1 aromatic carbocycles. The number of carbonyl (C=O) groups excluding carboxylic acids is 2. The second-order valence-electron chi connectivity index (χ2n) is 9.59. The maximum Gasteiger partial charge on any atom is 0.410 e. The fourth-order valence-electron chi connectivity index (χ4n) is 4.00. The molecule has 3 rings (SSSR count). The molecule has 0 radical (unpaired) electrons. The Hall–Kier alpha value is -2.65. The first-order valence-electron chi connectivity index (χ1n) is 11.0. The van der Waals surface area contributed by atoms with Crippen LogP contribution in [0, 0.1) is 11.7 Å². The Morgan fingerprint density at radius 2 is 1.91 bits per heavy atom. The van der Waals surface area contributed by atoms with E-state index in [9.17, 15) is 22.8 Å². The molecular formula is C23H31F3N2O5. The number of hydrogen-bond acceptors (Lipinski definition) is 5. The highest BCUT2D eigenvalue weighted by Crippen LogP contribution is 2.42. The first-order valence-corrected chi connectivity index (χ1v) is 11.0. The normalized spacial score (nSPS) is 20.2. The van der Waals surface area contributed by atoms with Gasteiger partial charge in [-0.15, -0.1) is 0 Å². The first-order chi connectivity index (χ1) is 15.4. The van der Waals surface area contributed by atoms with Crippen LogP contribution in [0.15, 0.2) is 12.1 Å². The molecule has 10 heteroatoms. The summed E-state index contributed by atoms with van der Waals surface area (Å²) in [7, 11) is 1.40. The zero-order valence-electron chi connectivity index (χ0n) is 19.4. The lowest BCUT2D eigenvalue weighted by molar-refractivity contribution is -0.125. The SMILES string of the molecule is COc1cc(OCC2CC(F)(F)C2)c(F)cc1CNC(=O)[C@@H]1CCCN1C(=O)OC(C)(C)C. The number of carbonyl (C=O) groups is 2. The number of methoxy groups -OCH3 is 1. The van der Waals surface area contributed by atoms with Gasteiger partial charge in [0.25, 0.3) is 0 Å². The summed E-state index contributed by atoms with van der Waals surface area (Å²) >= 11 is 0. The molecule has 1 N–H and O–H groups in total. The minimum absolute atomic E-state index is 0.00602. The van der Waals surface area contributed by atoms with Crippen molar-refractivity contribution in [3.05, 3.63) is 23.5 Å². The molecule has 2 aliphatic rings. The van der Waals surface area contributed by atoms with Gasteiger partial charge in [-0.2, -0.15) is 0 Å². The van der Waals surface area contributed by atoms with Crippen LogP contribution in [0.25, 0.3) is 0 Å². The number of rotatable bonds is 7. The monoisotopic (exact) mass is 472 g/mol. The summed E-state index contributed by atoms with van der Waals surface area (Å²) in [5.74, 6) is -3.83. The van der Waals surface area contributed by atoms with Crippen LogP contribution in [0.3, 0.4) is 0 Å². The molecule has 33 heavy (non-hydrogen) atoms. The van der Waals surface area contributed by atoms with Crippen LogP contribution in [-0.4, -0.2) is 54.7 Å². The Morgan fingerprint density at radius 3 is 2.52 bits per heavy atom. The van der Waals surface area contributed by atoms with Crippen LogP contribution in [0.2, 0.25) is 0 Å². The summed E-state index contributed by atoms with van der Waals surface area (Å²) in [6, 6.07) is 1.86. The van der Waals surface area contributed by atoms with Crippen molar-refractivity contribution in [2.24, 2.45) is 5.92 Å². The largest absolute Gasteiger partial charge is 0.496 e. The number of amides is 2. The van der Waals surface area contributed by atoms with Crippen LogP contribution in [-0.2, 0) is 16.1 Å². The van der Waals surface area contributed by atoms with Gasteiger partial charge in [0.05, 0.1) is 13.7 Å². The quantitative estimate of drug-likeness (QED) is 0.641. The van der Waals surface area contributed by atoms with Crippen molar-refractivity contribution in [1.29, 1.82) is 0 Å². The van der Waals surface area contributed by atoms with Gasteiger partial charge < -0.3 is 19.5 Å². The second kappa shape index (κ2) is 9.69. The van der Waals surface area contributed by atoms with Crippen LogP contribution in [0.4, 0.5) is 18.0 Å². The van der Waals surface area contributed by atoms with E-state index in [1.165, 1.54) is 24.1 Å². The van der Waals surface area contributed by atoms with Crippen molar-refractivity contribution in [1.82, 2.24) is 10.2 Å². The Bertz CT molecular complexity index is 880. The highest BCUT2D eigenvalue weighted by molar-refractivity contribution is 5.86. The van der Waals surface area contributed by atoms with Crippen LogP contribution >= 0.6 is 0 Å². The predicted octanol–water partition coefficient (Wildman–Crippen LogP) is 4.27. The molecule has 2 fully saturated rings. The number of ether oxygens (including phenoxy) is 3. The van der Waals surface area contributed by atoms with E-state index in [1.54, 1.807) is 20.8 Å². The van der Waals surface area contributed by atoms with Crippen LogP contribution in [0.1, 0.15) is 52.0 Å². The maximum atomic E-state index is 14.5. The van der Waals surface area contributed by atoms with Gasteiger partial charge in [-0.05, 0) is 39.7 Å². The zero-order valence-corrected chi connectivity index (χ0v) is 19.4. The second-order valence-corrected chi connectivity index (χ2v) is 9.59. The fourth-order valence-corrected chi connectivity index (χ4v) is 4.00. The molecule has 7 nitrogen and oxygen atoms in total. The van der Waals surface area contributed by atoms with E-state index in [0.717, 1.165) is 0 Å². The highest BCUT2D eigenvalue weighted by Gasteiger charge is 2.45. The molecule has 1 aromatic rings. The molecule has 1 saturated heterocycles. The topological polar surface area (TPSA) is 77.1 Å². The fraction of sp³-hybridized carbons (Fsp3) is 0.652. The third-order valence-electron chi connectivity index (χ3n) is 5.62. The van der Waals surface area contributed by atoms with E-state index in [4.69, 9.17) is 14.2 Å². The summed E-state index contributed by atoms with van der Waals surface area (Å²) in [6.07, 6.45) is 0.0986. The standard InChI is InChI=1S/C23H31F3N2O5/c1-22(2,3)33-21(30)28-7-5-6-17(28)20(29)27-12-15-8-16(24)19(9-18(15)31-4)32-13-14-10-23(25,26)11-14/h8-9,14,17H,5-7,10-13H2,1-4H3,(H,27,29)/t17-/m0/s1. The highest BCUT2D eigenvalue weighted by atomic mass is 19.3. The van der Waals surface area contributed by atoms with Gasteiger partial charge in [0, 0.05) is 43.5 Å². The van der Waals surface area contributed by atoms with Crippen molar-refractivity contribution in [3.63, 3.8) is 0 Å². The minimum atomic E-state index is -2.66. The molecule has 0 aromatic heterocycles. The van der Waals surface area contributed by atoms with Crippen molar-refractivity contribution >= 4 is 12.0 Å². The Labute approximate surface area is 191 Å². The van der Waals surface area contributed by atoms with Gasteiger partial charge in [-0.1, -0.05) is 0 Å². The molecule has 1 atom stereocenters. The van der Waals surface area contributed by atoms with Gasteiger partial charge >= 0.3 is 6.09 Å². The van der Waals surface area contributed by atoms with Crippen LogP contribution in [0.5, 0.6) is 11.5 Å². The van der Waals surface area contributed by atoms with Gasteiger partial charge in [0.15, 0.2) is 11.6 Å². The molecular weight excluding hydrogens is 441 g/mol.